The number of carbonyl (C=O) groups excluding carboxylic acids is 1. The molecule has 2 rings (SSSR count). The van der Waals surface area contributed by atoms with E-state index >= 15 is 0 Å². The molecule has 0 saturated carbocycles. The van der Waals surface area contributed by atoms with Crippen molar-refractivity contribution < 1.29 is 9.90 Å². The second-order valence-electron chi connectivity index (χ2n) is 5.11. The summed E-state index contributed by atoms with van der Waals surface area (Å²) in [5.74, 6) is -0.240. The van der Waals surface area contributed by atoms with Gasteiger partial charge in [-0.15, -0.1) is 0 Å². The van der Waals surface area contributed by atoms with Crippen molar-refractivity contribution in [2.45, 2.75) is 19.4 Å². The number of benzene rings is 1. The molecular formula is C15H19N3O2. The van der Waals surface area contributed by atoms with E-state index in [9.17, 15) is 9.90 Å². The highest BCUT2D eigenvalue weighted by Gasteiger charge is 2.29. The number of aliphatic hydroxyl groups excluding tert-OH is 1. The molecule has 0 aliphatic rings. The van der Waals surface area contributed by atoms with E-state index in [2.05, 4.69) is 10.4 Å². The third-order valence-electron chi connectivity index (χ3n) is 3.37. The monoisotopic (exact) mass is 273 g/mol. The Morgan fingerprint density at radius 3 is 2.55 bits per heavy atom. The predicted molar refractivity (Wildman–Crippen MR) is 76.3 cm³/mol. The minimum Gasteiger partial charge on any atom is -0.394 e. The molecule has 1 aromatic carbocycles. The van der Waals surface area contributed by atoms with Crippen molar-refractivity contribution in [2.24, 2.45) is 7.05 Å². The highest BCUT2D eigenvalue weighted by atomic mass is 16.3. The first kappa shape index (κ1) is 14.3. The van der Waals surface area contributed by atoms with Crippen LogP contribution in [-0.4, -0.2) is 27.4 Å². The molecule has 1 atom stereocenters. The SMILES string of the molecule is Cc1nn(C)cc1C(=O)NC(C)(CO)c1ccccc1. The number of nitrogens with one attached hydrogen (secondary N) is 1. The smallest absolute Gasteiger partial charge is 0.255 e. The Balaban J connectivity index is 2.26. The first-order chi connectivity index (χ1) is 9.46. The highest BCUT2D eigenvalue weighted by Crippen LogP contribution is 2.20. The molecule has 1 unspecified atom stereocenters. The Morgan fingerprint density at radius 2 is 2.05 bits per heavy atom. The topological polar surface area (TPSA) is 67.2 Å². The predicted octanol–water partition coefficient (Wildman–Crippen LogP) is 1.37. The van der Waals surface area contributed by atoms with E-state index in [0.717, 1.165) is 5.56 Å². The maximum atomic E-state index is 12.4. The van der Waals surface area contributed by atoms with Gasteiger partial charge >= 0.3 is 0 Å². The van der Waals surface area contributed by atoms with Crippen LogP contribution < -0.4 is 5.32 Å². The third-order valence-corrected chi connectivity index (χ3v) is 3.37. The molecule has 0 radical (unpaired) electrons. The van der Waals surface area contributed by atoms with Crippen molar-refractivity contribution in [1.82, 2.24) is 15.1 Å². The molecule has 20 heavy (non-hydrogen) atoms. The molecule has 2 N–H and O–H groups in total. The Bertz CT molecular complexity index is 607. The lowest BCUT2D eigenvalue weighted by atomic mass is 9.92. The third kappa shape index (κ3) is 2.72. The number of aliphatic hydroxyl groups is 1. The molecule has 0 aliphatic carbocycles. The fourth-order valence-electron chi connectivity index (χ4n) is 2.15. The molecular weight excluding hydrogens is 254 g/mol. The molecule has 1 heterocycles. The van der Waals surface area contributed by atoms with Gasteiger partial charge in [-0.2, -0.15) is 5.10 Å². The summed E-state index contributed by atoms with van der Waals surface area (Å²) in [5, 5.41) is 16.7. The zero-order valence-corrected chi connectivity index (χ0v) is 11.9. The summed E-state index contributed by atoms with van der Waals surface area (Å²) in [5.41, 5.74) is 1.22. The van der Waals surface area contributed by atoms with Crippen LogP contribution in [0.2, 0.25) is 0 Å². The van der Waals surface area contributed by atoms with E-state index in [4.69, 9.17) is 0 Å². The molecule has 0 spiro atoms. The van der Waals surface area contributed by atoms with E-state index in [0.29, 0.717) is 11.3 Å². The first-order valence-electron chi connectivity index (χ1n) is 6.45. The molecule has 106 valence electrons. The average Bonchev–Trinajstić information content (AvgIpc) is 2.78. The fraction of sp³-hybridized carbons (Fsp3) is 0.333. The van der Waals surface area contributed by atoms with Gasteiger partial charge in [0, 0.05) is 13.2 Å². The summed E-state index contributed by atoms with van der Waals surface area (Å²) in [7, 11) is 1.77. The molecule has 2 aromatic rings. The van der Waals surface area contributed by atoms with E-state index in [-0.39, 0.29) is 12.5 Å². The van der Waals surface area contributed by atoms with Gasteiger partial charge < -0.3 is 10.4 Å². The summed E-state index contributed by atoms with van der Waals surface area (Å²) in [6.07, 6.45) is 1.67. The van der Waals surface area contributed by atoms with Crippen LogP contribution in [0.5, 0.6) is 0 Å². The highest BCUT2D eigenvalue weighted by molar-refractivity contribution is 5.95. The number of amides is 1. The minimum absolute atomic E-state index is 0.179. The molecule has 1 aromatic heterocycles. The van der Waals surface area contributed by atoms with Crippen LogP contribution in [0.3, 0.4) is 0 Å². The first-order valence-corrected chi connectivity index (χ1v) is 6.45. The molecule has 0 saturated heterocycles. The van der Waals surface area contributed by atoms with E-state index in [1.807, 2.05) is 30.3 Å². The Kier molecular flexibility index (Phi) is 3.90. The fourth-order valence-corrected chi connectivity index (χ4v) is 2.15. The summed E-state index contributed by atoms with van der Waals surface area (Å²) in [6, 6.07) is 9.42. The van der Waals surface area contributed by atoms with Crippen LogP contribution in [0.15, 0.2) is 36.5 Å². The minimum atomic E-state index is -0.819. The lowest BCUT2D eigenvalue weighted by Gasteiger charge is -2.29. The van der Waals surface area contributed by atoms with Crippen molar-refractivity contribution in [3.63, 3.8) is 0 Å². The zero-order valence-electron chi connectivity index (χ0n) is 11.9. The average molecular weight is 273 g/mol. The van der Waals surface area contributed by atoms with Crippen LogP contribution in [0.4, 0.5) is 0 Å². The zero-order chi connectivity index (χ0) is 14.8. The molecule has 0 aliphatic heterocycles. The molecule has 1 amide bonds. The van der Waals surface area contributed by atoms with Crippen LogP contribution in [0, 0.1) is 6.92 Å². The quantitative estimate of drug-likeness (QED) is 0.884. The van der Waals surface area contributed by atoms with Crippen molar-refractivity contribution in [1.29, 1.82) is 0 Å². The lowest BCUT2D eigenvalue weighted by Crippen LogP contribution is -2.46. The van der Waals surface area contributed by atoms with Crippen LogP contribution in [-0.2, 0) is 12.6 Å². The van der Waals surface area contributed by atoms with Crippen LogP contribution in [0.25, 0.3) is 0 Å². The van der Waals surface area contributed by atoms with Gasteiger partial charge in [-0.3, -0.25) is 9.48 Å². The van der Waals surface area contributed by atoms with Gasteiger partial charge in [-0.1, -0.05) is 30.3 Å². The molecule has 0 fully saturated rings. The Morgan fingerprint density at radius 1 is 1.40 bits per heavy atom. The number of hydrogen-bond acceptors (Lipinski definition) is 3. The summed E-state index contributed by atoms with van der Waals surface area (Å²) >= 11 is 0. The van der Waals surface area contributed by atoms with Gasteiger partial charge in [0.05, 0.1) is 23.4 Å². The van der Waals surface area contributed by atoms with Gasteiger partial charge in [0.15, 0.2) is 0 Å². The summed E-state index contributed by atoms with van der Waals surface area (Å²) < 4.78 is 1.60. The van der Waals surface area contributed by atoms with Gasteiger partial charge in [0.2, 0.25) is 0 Å². The molecule has 5 heteroatoms. The standard InChI is InChI=1S/C15H19N3O2/c1-11-13(9-18(3)17-11)14(20)16-15(2,10-19)12-7-5-4-6-8-12/h4-9,19H,10H2,1-3H3,(H,16,20). The van der Waals surface area contributed by atoms with Crippen molar-refractivity contribution in [3.05, 3.63) is 53.3 Å². The van der Waals surface area contributed by atoms with Gasteiger partial charge in [-0.05, 0) is 19.4 Å². The van der Waals surface area contributed by atoms with Crippen molar-refractivity contribution in [2.75, 3.05) is 6.61 Å². The molecule has 0 bridgehead atoms. The van der Waals surface area contributed by atoms with Crippen molar-refractivity contribution >= 4 is 5.91 Å². The second kappa shape index (κ2) is 5.46. The van der Waals surface area contributed by atoms with E-state index < -0.39 is 5.54 Å². The lowest BCUT2D eigenvalue weighted by molar-refractivity contribution is 0.0849. The number of nitrogens with zero attached hydrogens (tertiary/aromatic N) is 2. The van der Waals surface area contributed by atoms with E-state index in [1.165, 1.54) is 0 Å². The molecule has 5 nitrogen and oxygen atoms in total. The van der Waals surface area contributed by atoms with E-state index in [1.54, 1.807) is 31.8 Å². The van der Waals surface area contributed by atoms with Crippen LogP contribution in [0.1, 0.15) is 28.5 Å². The largest absolute Gasteiger partial charge is 0.394 e. The maximum absolute atomic E-state index is 12.4. The van der Waals surface area contributed by atoms with Gasteiger partial charge in [0.25, 0.3) is 5.91 Å². The number of aryl methyl sites for hydroxylation is 2. The number of rotatable bonds is 4. The van der Waals surface area contributed by atoms with Gasteiger partial charge in [-0.25, -0.2) is 0 Å². The Hall–Kier alpha value is -2.14. The van der Waals surface area contributed by atoms with Crippen LogP contribution >= 0.6 is 0 Å². The number of aromatic nitrogens is 2. The summed E-state index contributed by atoms with van der Waals surface area (Å²) in [4.78, 5) is 12.4. The number of carbonyl (C=O) groups is 1. The number of hydrogen-bond donors (Lipinski definition) is 2. The normalized spacial score (nSPS) is 13.8. The maximum Gasteiger partial charge on any atom is 0.255 e. The van der Waals surface area contributed by atoms with Gasteiger partial charge in [0.1, 0.15) is 0 Å². The second-order valence-corrected chi connectivity index (χ2v) is 5.11. The Labute approximate surface area is 118 Å². The summed E-state index contributed by atoms with van der Waals surface area (Å²) in [6.45, 7) is 3.40. The van der Waals surface area contributed by atoms with Crippen molar-refractivity contribution in [3.8, 4) is 0 Å².